The summed E-state index contributed by atoms with van der Waals surface area (Å²) in [5.74, 6) is 0.665. The third kappa shape index (κ3) is 2.86. The van der Waals surface area contributed by atoms with Crippen LogP contribution in [0.2, 0.25) is 8.67 Å². The fourth-order valence-electron chi connectivity index (χ4n) is 2.47. The van der Waals surface area contributed by atoms with Crippen molar-refractivity contribution >= 4 is 52.4 Å². The molecule has 0 radical (unpaired) electrons. The predicted molar refractivity (Wildman–Crippen MR) is 99.6 cm³/mol. The second-order valence-electron chi connectivity index (χ2n) is 5.04. The molecule has 0 fully saturated rings. The van der Waals surface area contributed by atoms with Gasteiger partial charge in [0.2, 0.25) is 5.96 Å². The third-order valence-electron chi connectivity index (χ3n) is 3.51. The molecule has 2 N–H and O–H groups in total. The van der Waals surface area contributed by atoms with Crippen LogP contribution in [0.15, 0.2) is 40.6 Å². The Morgan fingerprint density at radius 1 is 1.38 bits per heavy atom. The van der Waals surface area contributed by atoms with Gasteiger partial charge in [0.1, 0.15) is 15.7 Å². The van der Waals surface area contributed by atoms with E-state index in [4.69, 9.17) is 23.2 Å². The van der Waals surface area contributed by atoms with Crippen molar-refractivity contribution in [2.24, 2.45) is 10.1 Å². The van der Waals surface area contributed by atoms with Crippen LogP contribution in [0.5, 0.6) is 0 Å². The normalized spacial score (nSPS) is 14.3. The summed E-state index contributed by atoms with van der Waals surface area (Å²) in [6.07, 6.45) is 3.64. The average Bonchev–Trinajstić information content (AvgIpc) is 3.27. The number of aliphatic imine (C=N–C) groups is 1. The van der Waals surface area contributed by atoms with Crippen LogP contribution >= 0.6 is 34.5 Å². The van der Waals surface area contributed by atoms with Gasteiger partial charge in [-0.3, -0.25) is 4.40 Å². The minimum Gasteiger partial charge on any atom is -0.353 e. The zero-order valence-corrected chi connectivity index (χ0v) is 14.7. The maximum Gasteiger partial charge on any atom is 0.212 e. The van der Waals surface area contributed by atoms with Crippen molar-refractivity contribution in [1.29, 1.82) is 0 Å². The van der Waals surface area contributed by atoms with E-state index in [9.17, 15) is 0 Å². The van der Waals surface area contributed by atoms with E-state index in [2.05, 4.69) is 25.8 Å². The molecule has 0 aliphatic carbocycles. The van der Waals surface area contributed by atoms with Gasteiger partial charge in [-0.15, -0.1) is 11.3 Å². The fourth-order valence-corrected chi connectivity index (χ4v) is 3.93. The number of guanidine groups is 1. The van der Waals surface area contributed by atoms with Crippen LogP contribution < -0.4 is 10.7 Å². The highest BCUT2D eigenvalue weighted by Gasteiger charge is 2.17. The van der Waals surface area contributed by atoms with Crippen LogP contribution in [0.4, 0.5) is 0 Å². The molecule has 4 heterocycles. The molecule has 0 amide bonds. The van der Waals surface area contributed by atoms with Gasteiger partial charge in [-0.05, 0) is 18.2 Å². The molecule has 0 bridgehead atoms. The Morgan fingerprint density at radius 2 is 2.29 bits per heavy atom. The Kier molecular flexibility index (Phi) is 4.13. The molecule has 0 saturated carbocycles. The van der Waals surface area contributed by atoms with E-state index >= 15 is 0 Å². The molecule has 0 atom stereocenters. The van der Waals surface area contributed by atoms with Crippen molar-refractivity contribution in [1.82, 2.24) is 20.1 Å². The van der Waals surface area contributed by atoms with Gasteiger partial charge in [0, 0.05) is 18.3 Å². The molecule has 24 heavy (non-hydrogen) atoms. The summed E-state index contributed by atoms with van der Waals surface area (Å²) in [5, 5.41) is 7.37. The van der Waals surface area contributed by atoms with Crippen molar-refractivity contribution in [3.05, 3.63) is 44.8 Å². The van der Waals surface area contributed by atoms with Crippen LogP contribution in [-0.4, -0.2) is 34.6 Å². The first-order chi connectivity index (χ1) is 11.7. The van der Waals surface area contributed by atoms with Gasteiger partial charge in [0.15, 0.2) is 0 Å². The number of thiophene rings is 1. The summed E-state index contributed by atoms with van der Waals surface area (Å²) < 4.78 is 3.18. The van der Waals surface area contributed by atoms with Gasteiger partial charge in [0.25, 0.3) is 0 Å². The molecule has 3 aromatic heterocycles. The molecule has 6 nitrogen and oxygen atoms in total. The lowest BCUT2D eigenvalue weighted by Crippen LogP contribution is -2.30. The van der Waals surface area contributed by atoms with Crippen LogP contribution in [-0.2, 0) is 0 Å². The second-order valence-corrected chi connectivity index (χ2v) is 7.33. The van der Waals surface area contributed by atoms with Crippen molar-refractivity contribution in [2.45, 2.75) is 0 Å². The van der Waals surface area contributed by atoms with Crippen molar-refractivity contribution in [2.75, 3.05) is 13.1 Å². The number of hydrogen-bond donors (Lipinski definition) is 2. The van der Waals surface area contributed by atoms with Gasteiger partial charge >= 0.3 is 0 Å². The predicted octanol–water partition coefficient (Wildman–Crippen LogP) is 3.25. The highest BCUT2D eigenvalue weighted by molar-refractivity contribution is 7.20. The maximum atomic E-state index is 6.31. The van der Waals surface area contributed by atoms with Gasteiger partial charge in [0.05, 0.1) is 22.8 Å². The van der Waals surface area contributed by atoms with E-state index in [0.29, 0.717) is 14.6 Å². The average molecular weight is 379 g/mol. The lowest BCUT2D eigenvalue weighted by atomic mass is 10.2. The number of nitrogens with zero attached hydrogens (tertiary/aromatic N) is 4. The van der Waals surface area contributed by atoms with Gasteiger partial charge < -0.3 is 5.32 Å². The number of imidazole rings is 1. The third-order valence-corrected chi connectivity index (χ3v) is 5.00. The number of hydrogen-bond acceptors (Lipinski definition) is 6. The molecule has 0 aromatic carbocycles. The summed E-state index contributed by atoms with van der Waals surface area (Å²) in [6.45, 7) is 1.57. The first-order valence-corrected chi connectivity index (χ1v) is 8.79. The molecule has 1 aliphatic rings. The highest BCUT2D eigenvalue weighted by atomic mass is 35.5. The summed E-state index contributed by atoms with van der Waals surface area (Å²) in [6, 6.07) is 7.63. The van der Waals surface area contributed by atoms with Crippen molar-refractivity contribution in [3.63, 3.8) is 0 Å². The van der Waals surface area contributed by atoms with E-state index in [1.807, 2.05) is 34.9 Å². The molecular weight excluding hydrogens is 367 g/mol. The van der Waals surface area contributed by atoms with E-state index in [1.54, 1.807) is 6.21 Å². The first kappa shape index (κ1) is 15.4. The zero-order chi connectivity index (χ0) is 16.5. The number of hydrazone groups is 1. The molecule has 3 aromatic rings. The van der Waals surface area contributed by atoms with Gasteiger partial charge in [-0.25, -0.2) is 15.4 Å². The van der Waals surface area contributed by atoms with E-state index in [1.165, 1.54) is 11.3 Å². The van der Waals surface area contributed by atoms with Crippen molar-refractivity contribution < 1.29 is 0 Å². The molecular formula is C15H12Cl2N6S. The lowest BCUT2D eigenvalue weighted by Gasteiger charge is -2.01. The number of nitrogens with one attached hydrogen (secondary N) is 2. The molecule has 1 aliphatic heterocycles. The molecule has 0 spiro atoms. The zero-order valence-electron chi connectivity index (χ0n) is 12.3. The Labute approximate surface area is 151 Å². The van der Waals surface area contributed by atoms with Crippen LogP contribution in [0, 0.1) is 0 Å². The van der Waals surface area contributed by atoms with E-state index in [0.717, 1.165) is 35.7 Å². The molecule has 4 rings (SSSR count). The van der Waals surface area contributed by atoms with Gasteiger partial charge in [-0.1, -0.05) is 29.3 Å². The highest BCUT2D eigenvalue weighted by Crippen LogP contribution is 2.38. The monoisotopic (exact) mass is 378 g/mol. The topological polar surface area (TPSA) is 66.1 Å². The van der Waals surface area contributed by atoms with E-state index in [-0.39, 0.29) is 0 Å². The van der Waals surface area contributed by atoms with Gasteiger partial charge in [-0.2, -0.15) is 5.10 Å². The Hall–Kier alpha value is -2.09. The summed E-state index contributed by atoms with van der Waals surface area (Å²) in [7, 11) is 0. The second kappa shape index (κ2) is 6.43. The Balaban J connectivity index is 1.78. The van der Waals surface area contributed by atoms with Crippen LogP contribution in [0.25, 0.3) is 16.9 Å². The number of pyridine rings is 1. The van der Waals surface area contributed by atoms with E-state index < -0.39 is 0 Å². The standard InChI is InChI=1S/C15H12Cl2N6S/c16-11-7-9(14(17)24-11)13-10(8-20-22-15-18-4-5-19-15)23-6-2-1-3-12(23)21-13/h1-3,6-8H,4-5H2,(H2,18,19,22)/b20-8+. The molecule has 122 valence electrons. The smallest absolute Gasteiger partial charge is 0.212 e. The molecule has 0 unspecified atom stereocenters. The summed E-state index contributed by atoms with van der Waals surface area (Å²) >= 11 is 13.7. The summed E-state index contributed by atoms with van der Waals surface area (Å²) in [5.41, 5.74) is 6.05. The lowest BCUT2D eigenvalue weighted by molar-refractivity contribution is 0.919. The molecule has 9 heteroatoms. The number of rotatable bonds is 3. The van der Waals surface area contributed by atoms with Crippen molar-refractivity contribution in [3.8, 4) is 11.3 Å². The van der Waals surface area contributed by atoms with Crippen LogP contribution in [0.1, 0.15) is 5.69 Å². The molecule has 0 saturated heterocycles. The minimum atomic E-state index is 0.604. The Bertz CT molecular complexity index is 958. The maximum absolute atomic E-state index is 6.31. The quantitative estimate of drug-likeness (QED) is 0.542. The SMILES string of the molecule is Clc1cc(-c2nc3ccccn3c2/C=N/NC2=NCCN2)c(Cl)s1. The largest absolute Gasteiger partial charge is 0.353 e. The van der Waals surface area contributed by atoms with Crippen LogP contribution in [0.3, 0.4) is 0 Å². The number of fused-ring (bicyclic) bond motifs is 1. The Morgan fingerprint density at radius 3 is 3.04 bits per heavy atom. The summed E-state index contributed by atoms with van der Waals surface area (Å²) in [4.78, 5) is 8.91. The fraction of sp³-hybridized carbons (Fsp3) is 0.133. The minimum absolute atomic E-state index is 0.604. The number of aromatic nitrogens is 2. The first-order valence-electron chi connectivity index (χ1n) is 7.22. The number of halogens is 2.